The molecule has 112 valence electrons. The summed E-state index contributed by atoms with van der Waals surface area (Å²) in [6, 6.07) is 1.46. The molecule has 1 aliphatic heterocycles. The second-order valence-corrected chi connectivity index (χ2v) is 7.17. The number of piperazine rings is 1. The van der Waals surface area contributed by atoms with Crippen LogP contribution >= 0.6 is 0 Å². The summed E-state index contributed by atoms with van der Waals surface area (Å²) in [6.07, 6.45) is 5.64. The molecule has 0 amide bonds. The molecule has 0 spiro atoms. The summed E-state index contributed by atoms with van der Waals surface area (Å²) in [5, 5.41) is 3.86. The lowest BCUT2D eigenvalue weighted by atomic mass is 9.79. The van der Waals surface area contributed by atoms with Gasteiger partial charge in [0.2, 0.25) is 0 Å². The molecule has 1 saturated heterocycles. The highest BCUT2D eigenvalue weighted by Crippen LogP contribution is 2.29. The van der Waals surface area contributed by atoms with Crippen molar-refractivity contribution in [3.05, 3.63) is 0 Å². The highest BCUT2D eigenvalue weighted by Gasteiger charge is 2.26. The first-order valence-electron chi connectivity index (χ1n) is 8.18. The molecule has 1 heterocycles. The van der Waals surface area contributed by atoms with Gasteiger partial charge in [0.1, 0.15) is 0 Å². The lowest BCUT2D eigenvalue weighted by Crippen LogP contribution is -2.55. The molecular formula is C16H33N3. The minimum atomic E-state index is 0.693. The van der Waals surface area contributed by atoms with E-state index in [2.05, 4.69) is 43.1 Å². The number of nitrogens with zero attached hydrogens (tertiary/aromatic N) is 2. The summed E-state index contributed by atoms with van der Waals surface area (Å²) in [6.45, 7) is 9.57. The summed E-state index contributed by atoms with van der Waals surface area (Å²) < 4.78 is 0. The van der Waals surface area contributed by atoms with E-state index in [0.717, 1.165) is 24.4 Å². The summed E-state index contributed by atoms with van der Waals surface area (Å²) >= 11 is 0. The monoisotopic (exact) mass is 267 g/mol. The van der Waals surface area contributed by atoms with Crippen LogP contribution in [0, 0.1) is 11.8 Å². The predicted molar refractivity (Wildman–Crippen MR) is 82.5 cm³/mol. The van der Waals surface area contributed by atoms with E-state index in [1.807, 2.05) is 0 Å². The fourth-order valence-electron chi connectivity index (χ4n) is 3.64. The highest BCUT2D eigenvalue weighted by molar-refractivity contribution is 4.84. The predicted octanol–water partition coefficient (Wildman–Crippen LogP) is 2.04. The average Bonchev–Trinajstić information content (AvgIpc) is 2.40. The quantitative estimate of drug-likeness (QED) is 0.841. The molecule has 3 unspecified atom stereocenters. The SMILES string of the molecule is CC(C)C1CCCC(NCC2CN(C)CCN2C)C1. The Balaban J connectivity index is 1.75. The zero-order chi connectivity index (χ0) is 13.8. The molecule has 1 N–H and O–H groups in total. The standard InChI is InChI=1S/C16H33N3/c1-13(2)14-6-5-7-15(10-14)17-11-16-12-18(3)8-9-19(16)4/h13-17H,5-12H2,1-4H3. The van der Waals surface area contributed by atoms with Gasteiger partial charge >= 0.3 is 0 Å². The minimum absolute atomic E-state index is 0.693. The van der Waals surface area contributed by atoms with Crippen molar-refractivity contribution in [2.45, 2.75) is 51.6 Å². The van der Waals surface area contributed by atoms with Gasteiger partial charge in [-0.05, 0) is 38.8 Å². The van der Waals surface area contributed by atoms with Crippen molar-refractivity contribution in [2.75, 3.05) is 40.3 Å². The van der Waals surface area contributed by atoms with Crippen molar-refractivity contribution in [3.8, 4) is 0 Å². The second-order valence-electron chi connectivity index (χ2n) is 7.17. The zero-order valence-corrected chi connectivity index (χ0v) is 13.4. The Hall–Kier alpha value is -0.120. The van der Waals surface area contributed by atoms with E-state index in [1.54, 1.807) is 0 Å². The normalized spacial score (nSPS) is 34.9. The van der Waals surface area contributed by atoms with E-state index in [4.69, 9.17) is 0 Å². The first kappa shape index (κ1) is 15.3. The molecule has 3 nitrogen and oxygen atoms in total. The molecule has 3 heteroatoms. The minimum Gasteiger partial charge on any atom is -0.312 e. The van der Waals surface area contributed by atoms with E-state index >= 15 is 0 Å². The molecule has 2 fully saturated rings. The topological polar surface area (TPSA) is 18.5 Å². The molecule has 1 aliphatic carbocycles. The molecule has 2 aliphatic rings. The Bertz CT molecular complexity index is 267. The van der Waals surface area contributed by atoms with Crippen LogP contribution in [0.15, 0.2) is 0 Å². The van der Waals surface area contributed by atoms with Gasteiger partial charge in [0.25, 0.3) is 0 Å². The van der Waals surface area contributed by atoms with Crippen LogP contribution < -0.4 is 5.32 Å². The summed E-state index contributed by atoms with van der Waals surface area (Å²) in [7, 11) is 4.52. The first-order chi connectivity index (χ1) is 9.06. The fourth-order valence-corrected chi connectivity index (χ4v) is 3.64. The maximum atomic E-state index is 3.86. The fraction of sp³-hybridized carbons (Fsp3) is 1.00. The Morgan fingerprint density at radius 1 is 1.16 bits per heavy atom. The van der Waals surface area contributed by atoms with Crippen LogP contribution in [0.3, 0.4) is 0 Å². The van der Waals surface area contributed by atoms with Crippen LogP contribution in [-0.4, -0.2) is 62.2 Å². The Kier molecular flexibility index (Phi) is 5.67. The van der Waals surface area contributed by atoms with Crippen molar-refractivity contribution in [1.29, 1.82) is 0 Å². The molecular weight excluding hydrogens is 234 g/mol. The van der Waals surface area contributed by atoms with Gasteiger partial charge in [0.15, 0.2) is 0 Å². The van der Waals surface area contributed by atoms with E-state index in [-0.39, 0.29) is 0 Å². The molecule has 0 bridgehead atoms. The third-order valence-electron chi connectivity index (χ3n) is 5.28. The van der Waals surface area contributed by atoms with Crippen LogP contribution in [-0.2, 0) is 0 Å². The van der Waals surface area contributed by atoms with Gasteiger partial charge in [0, 0.05) is 38.3 Å². The van der Waals surface area contributed by atoms with Crippen LogP contribution in [0.5, 0.6) is 0 Å². The molecule has 2 rings (SSSR count). The number of hydrogen-bond acceptors (Lipinski definition) is 3. The van der Waals surface area contributed by atoms with Crippen molar-refractivity contribution in [2.24, 2.45) is 11.8 Å². The molecule has 3 atom stereocenters. The van der Waals surface area contributed by atoms with E-state index in [1.165, 1.54) is 45.3 Å². The lowest BCUT2D eigenvalue weighted by molar-refractivity contribution is 0.107. The number of hydrogen-bond donors (Lipinski definition) is 1. The third-order valence-corrected chi connectivity index (χ3v) is 5.28. The van der Waals surface area contributed by atoms with E-state index in [9.17, 15) is 0 Å². The Morgan fingerprint density at radius 3 is 2.68 bits per heavy atom. The molecule has 0 radical (unpaired) electrons. The number of nitrogens with one attached hydrogen (secondary N) is 1. The average molecular weight is 267 g/mol. The molecule has 19 heavy (non-hydrogen) atoms. The lowest BCUT2D eigenvalue weighted by Gasteiger charge is -2.39. The number of rotatable bonds is 4. The highest BCUT2D eigenvalue weighted by atomic mass is 15.3. The molecule has 1 saturated carbocycles. The van der Waals surface area contributed by atoms with Gasteiger partial charge in [0.05, 0.1) is 0 Å². The zero-order valence-electron chi connectivity index (χ0n) is 13.4. The van der Waals surface area contributed by atoms with Gasteiger partial charge in [-0.15, -0.1) is 0 Å². The van der Waals surface area contributed by atoms with Gasteiger partial charge < -0.3 is 10.2 Å². The van der Waals surface area contributed by atoms with Gasteiger partial charge in [-0.3, -0.25) is 4.90 Å². The first-order valence-corrected chi connectivity index (χ1v) is 8.18. The van der Waals surface area contributed by atoms with Crippen LogP contribution in [0.4, 0.5) is 0 Å². The Morgan fingerprint density at radius 2 is 1.95 bits per heavy atom. The summed E-state index contributed by atoms with van der Waals surface area (Å²) in [5.74, 6) is 1.80. The van der Waals surface area contributed by atoms with Crippen LogP contribution in [0.1, 0.15) is 39.5 Å². The van der Waals surface area contributed by atoms with Crippen LogP contribution in [0.2, 0.25) is 0 Å². The summed E-state index contributed by atoms with van der Waals surface area (Å²) in [5.41, 5.74) is 0. The van der Waals surface area contributed by atoms with Crippen molar-refractivity contribution in [3.63, 3.8) is 0 Å². The van der Waals surface area contributed by atoms with Gasteiger partial charge in [-0.1, -0.05) is 26.7 Å². The molecule has 0 aromatic heterocycles. The van der Waals surface area contributed by atoms with Gasteiger partial charge in [-0.2, -0.15) is 0 Å². The smallest absolute Gasteiger partial charge is 0.0345 e. The largest absolute Gasteiger partial charge is 0.312 e. The molecule has 0 aromatic carbocycles. The number of likely N-dealkylation sites (N-methyl/N-ethyl adjacent to an activating group) is 2. The van der Waals surface area contributed by atoms with Crippen molar-refractivity contribution >= 4 is 0 Å². The van der Waals surface area contributed by atoms with Crippen LogP contribution in [0.25, 0.3) is 0 Å². The van der Waals surface area contributed by atoms with Crippen molar-refractivity contribution < 1.29 is 0 Å². The van der Waals surface area contributed by atoms with E-state index < -0.39 is 0 Å². The Labute approximate surface area is 119 Å². The van der Waals surface area contributed by atoms with E-state index in [0.29, 0.717) is 6.04 Å². The molecule has 0 aromatic rings. The summed E-state index contributed by atoms with van der Waals surface area (Å²) in [4.78, 5) is 4.99. The third kappa shape index (κ3) is 4.44. The van der Waals surface area contributed by atoms with Crippen molar-refractivity contribution in [1.82, 2.24) is 15.1 Å². The maximum absolute atomic E-state index is 3.86. The maximum Gasteiger partial charge on any atom is 0.0345 e. The van der Waals surface area contributed by atoms with Gasteiger partial charge in [-0.25, -0.2) is 0 Å². The second kappa shape index (κ2) is 7.05.